The number of nitrogens with one attached hydrogen (secondary N) is 1. The van der Waals surface area contributed by atoms with Gasteiger partial charge in [0.05, 0.1) is 0 Å². The van der Waals surface area contributed by atoms with Crippen molar-refractivity contribution >= 4 is 5.95 Å². The Morgan fingerprint density at radius 3 is 2.38 bits per heavy atom. The maximum absolute atomic E-state index is 4.44. The molecular formula is C13H21N3. The van der Waals surface area contributed by atoms with Gasteiger partial charge in [-0.25, -0.2) is 4.98 Å². The molecule has 3 rings (SSSR count). The second-order valence-electron chi connectivity index (χ2n) is 6.42. The van der Waals surface area contributed by atoms with Gasteiger partial charge in [-0.15, -0.1) is 0 Å². The topological polar surface area (TPSA) is 29.9 Å². The summed E-state index contributed by atoms with van der Waals surface area (Å²) in [5, 5.41) is 3.51. The molecule has 1 aromatic heterocycles. The van der Waals surface area contributed by atoms with E-state index in [-0.39, 0.29) is 0 Å². The summed E-state index contributed by atoms with van der Waals surface area (Å²) in [5.74, 6) is 1.06. The quantitative estimate of drug-likeness (QED) is 0.846. The molecule has 2 fully saturated rings. The van der Waals surface area contributed by atoms with Crippen molar-refractivity contribution < 1.29 is 0 Å². The molecule has 0 amide bonds. The van der Waals surface area contributed by atoms with Gasteiger partial charge in [0.2, 0.25) is 5.95 Å². The molecule has 0 saturated heterocycles. The van der Waals surface area contributed by atoms with Gasteiger partial charge in [-0.05, 0) is 23.7 Å². The van der Waals surface area contributed by atoms with E-state index >= 15 is 0 Å². The summed E-state index contributed by atoms with van der Waals surface area (Å²) in [6, 6.07) is 1.25. The molecule has 16 heavy (non-hydrogen) atoms. The molecule has 88 valence electrons. The van der Waals surface area contributed by atoms with E-state index in [2.05, 4.69) is 48.8 Å². The van der Waals surface area contributed by atoms with Crippen LogP contribution in [0.25, 0.3) is 0 Å². The van der Waals surface area contributed by atoms with Crippen molar-refractivity contribution in [3.8, 4) is 0 Å². The standard InChI is InChI=1S/C13H21N3/c1-12(2)10(13(12,3)4)16-8-7-14-11(16)15-9-5-6-9/h7-10H,5-6H2,1-4H3,(H,14,15). The van der Waals surface area contributed by atoms with Crippen LogP contribution in [0.2, 0.25) is 0 Å². The highest BCUT2D eigenvalue weighted by molar-refractivity contribution is 5.34. The fraction of sp³-hybridized carbons (Fsp3) is 0.769. The lowest BCUT2D eigenvalue weighted by molar-refractivity contribution is 0.457. The molecule has 3 heteroatoms. The minimum atomic E-state index is 0.369. The highest BCUT2D eigenvalue weighted by Gasteiger charge is 2.66. The predicted molar refractivity (Wildman–Crippen MR) is 65.5 cm³/mol. The highest BCUT2D eigenvalue weighted by Crippen LogP contribution is 2.71. The van der Waals surface area contributed by atoms with E-state index in [1.54, 1.807) is 0 Å². The van der Waals surface area contributed by atoms with Crippen molar-refractivity contribution in [1.29, 1.82) is 0 Å². The fourth-order valence-corrected chi connectivity index (χ4v) is 2.90. The van der Waals surface area contributed by atoms with E-state index in [0.717, 1.165) is 5.95 Å². The van der Waals surface area contributed by atoms with Gasteiger partial charge < -0.3 is 9.88 Å². The van der Waals surface area contributed by atoms with Gasteiger partial charge in [-0.3, -0.25) is 0 Å². The zero-order chi connectivity index (χ0) is 11.6. The summed E-state index contributed by atoms with van der Waals surface area (Å²) in [4.78, 5) is 4.44. The monoisotopic (exact) mass is 219 g/mol. The molecule has 0 bridgehead atoms. The third-order valence-corrected chi connectivity index (χ3v) is 4.80. The van der Waals surface area contributed by atoms with Crippen molar-refractivity contribution in [2.75, 3.05) is 5.32 Å². The summed E-state index contributed by atoms with van der Waals surface area (Å²) in [5.41, 5.74) is 0.737. The van der Waals surface area contributed by atoms with Gasteiger partial charge in [0.15, 0.2) is 0 Å². The Morgan fingerprint density at radius 1 is 1.25 bits per heavy atom. The van der Waals surface area contributed by atoms with Gasteiger partial charge >= 0.3 is 0 Å². The number of nitrogens with zero attached hydrogens (tertiary/aromatic N) is 2. The Labute approximate surface area is 97.3 Å². The number of imidazole rings is 1. The lowest BCUT2D eigenvalue weighted by Gasteiger charge is -2.10. The first-order valence-corrected chi connectivity index (χ1v) is 6.24. The fourth-order valence-electron chi connectivity index (χ4n) is 2.90. The zero-order valence-electron chi connectivity index (χ0n) is 10.6. The molecule has 2 saturated carbocycles. The first kappa shape index (κ1) is 10.2. The van der Waals surface area contributed by atoms with Crippen molar-refractivity contribution in [3.63, 3.8) is 0 Å². The summed E-state index contributed by atoms with van der Waals surface area (Å²) < 4.78 is 2.33. The number of aromatic nitrogens is 2. The molecule has 3 nitrogen and oxygen atoms in total. The minimum absolute atomic E-state index is 0.369. The number of anilines is 1. The molecule has 2 aliphatic rings. The van der Waals surface area contributed by atoms with Crippen LogP contribution in [-0.4, -0.2) is 15.6 Å². The zero-order valence-corrected chi connectivity index (χ0v) is 10.6. The smallest absolute Gasteiger partial charge is 0.203 e. The third kappa shape index (κ3) is 1.23. The van der Waals surface area contributed by atoms with Gasteiger partial charge in [0.25, 0.3) is 0 Å². The van der Waals surface area contributed by atoms with Crippen LogP contribution in [0.4, 0.5) is 5.95 Å². The normalized spacial score (nSPS) is 26.8. The summed E-state index contributed by atoms with van der Waals surface area (Å²) in [6.45, 7) is 9.38. The van der Waals surface area contributed by atoms with Crippen LogP contribution in [0.1, 0.15) is 46.6 Å². The van der Waals surface area contributed by atoms with Crippen molar-refractivity contribution in [1.82, 2.24) is 9.55 Å². The van der Waals surface area contributed by atoms with Gasteiger partial charge in [0.1, 0.15) is 0 Å². The Kier molecular flexibility index (Phi) is 1.79. The van der Waals surface area contributed by atoms with E-state index in [1.807, 2.05) is 6.20 Å². The van der Waals surface area contributed by atoms with E-state index < -0.39 is 0 Å². The number of rotatable bonds is 3. The van der Waals surface area contributed by atoms with Crippen LogP contribution in [0, 0.1) is 10.8 Å². The van der Waals surface area contributed by atoms with Crippen molar-refractivity contribution in [2.45, 2.75) is 52.6 Å². The lowest BCUT2D eigenvalue weighted by Crippen LogP contribution is -2.10. The second-order valence-corrected chi connectivity index (χ2v) is 6.42. The molecule has 1 heterocycles. The third-order valence-electron chi connectivity index (χ3n) is 4.80. The van der Waals surface area contributed by atoms with Crippen LogP contribution in [0.3, 0.4) is 0 Å². The van der Waals surface area contributed by atoms with Crippen LogP contribution in [0.5, 0.6) is 0 Å². The largest absolute Gasteiger partial charge is 0.353 e. The molecule has 2 aliphatic carbocycles. The molecule has 0 aromatic carbocycles. The molecule has 0 unspecified atom stereocenters. The summed E-state index contributed by atoms with van der Waals surface area (Å²) in [7, 11) is 0. The van der Waals surface area contributed by atoms with Gasteiger partial charge in [-0.1, -0.05) is 27.7 Å². The lowest BCUT2D eigenvalue weighted by atomic mass is 10.0. The highest BCUT2D eigenvalue weighted by atomic mass is 15.3. The van der Waals surface area contributed by atoms with E-state index in [4.69, 9.17) is 0 Å². The summed E-state index contributed by atoms with van der Waals surface area (Å²) >= 11 is 0. The van der Waals surface area contributed by atoms with E-state index in [0.29, 0.717) is 22.9 Å². The van der Waals surface area contributed by atoms with Crippen molar-refractivity contribution in [3.05, 3.63) is 12.4 Å². The Morgan fingerprint density at radius 2 is 1.88 bits per heavy atom. The number of hydrogen-bond donors (Lipinski definition) is 1. The minimum Gasteiger partial charge on any atom is -0.353 e. The van der Waals surface area contributed by atoms with Gasteiger partial charge in [-0.2, -0.15) is 0 Å². The predicted octanol–water partition coefficient (Wildman–Crippen LogP) is 3.06. The second kappa shape index (κ2) is 2.82. The number of hydrogen-bond acceptors (Lipinski definition) is 2. The van der Waals surface area contributed by atoms with Crippen molar-refractivity contribution in [2.24, 2.45) is 10.8 Å². The molecule has 0 aliphatic heterocycles. The molecule has 0 spiro atoms. The molecule has 0 atom stereocenters. The van der Waals surface area contributed by atoms with Crippen LogP contribution in [-0.2, 0) is 0 Å². The molecule has 1 aromatic rings. The summed E-state index contributed by atoms with van der Waals surface area (Å²) in [6.07, 6.45) is 6.62. The van der Waals surface area contributed by atoms with Crippen LogP contribution in [0.15, 0.2) is 12.4 Å². The van der Waals surface area contributed by atoms with Gasteiger partial charge in [0, 0.05) is 24.5 Å². The van der Waals surface area contributed by atoms with E-state index in [1.165, 1.54) is 12.8 Å². The van der Waals surface area contributed by atoms with Crippen LogP contribution >= 0.6 is 0 Å². The Bertz CT molecular complexity index is 399. The molecular weight excluding hydrogens is 198 g/mol. The first-order chi connectivity index (χ1) is 7.44. The Balaban J connectivity index is 1.87. The molecule has 1 N–H and O–H groups in total. The average Bonchev–Trinajstić information content (AvgIpc) is 2.97. The molecule has 0 radical (unpaired) electrons. The van der Waals surface area contributed by atoms with Crippen LogP contribution < -0.4 is 5.32 Å². The maximum atomic E-state index is 4.44. The average molecular weight is 219 g/mol. The first-order valence-electron chi connectivity index (χ1n) is 6.24. The maximum Gasteiger partial charge on any atom is 0.203 e. The Hall–Kier alpha value is -0.990. The SMILES string of the molecule is CC1(C)C(n2ccnc2NC2CC2)C1(C)C. The van der Waals surface area contributed by atoms with E-state index in [9.17, 15) is 0 Å².